The fourth-order valence-electron chi connectivity index (χ4n) is 1.85. The van der Waals surface area contributed by atoms with Crippen LogP contribution < -0.4 is 0 Å². The lowest BCUT2D eigenvalue weighted by Gasteiger charge is -2.11. The van der Waals surface area contributed by atoms with Crippen LogP contribution in [0.3, 0.4) is 0 Å². The number of carbonyl (C=O) groups excluding carboxylic acids is 2. The maximum atomic E-state index is 12.0. The number of rotatable bonds is 8. The van der Waals surface area contributed by atoms with E-state index in [1.54, 1.807) is 25.1 Å². The minimum absolute atomic E-state index is 0.385. The number of hydrogen-bond donors (Lipinski definition) is 0. The van der Waals surface area contributed by atoms with Gasteiger partial charge in [-0.1, -0.05) is 32.8 Å². The summed E-state index contributed by atoms with van der Waals surface area (Å²) in [5, 5.41) is 0. The second kappa shape index (κ2) is 9.16. The molecule has 1 rings (SSSR count). The Morgan fingerprint density at radius 3 is 1.71 bits per heavy atom. The average Bonchev–Trinajstić information content (AvgIpc) is 2.47. The van der Waals surface area contributed by atoms with E-state index in [4.69, 9.17) is 9.47 Å². The smallest absolute Gasteiger partial charge is 0.338 e. The molecule has 0 aromatic heterocycles. The quantitative estimate of drug-likeness (QED) is 0.538. The largest absolute Gasteiger partial charge is 0.462 e. The summed E-state index contributed by atoms with van der Waals surface area (Å²) in [6.07, 6.45) is 3.61. The second-order valence-electron chi connectivity index (χ2n) is 4.96. The fraction of sp³-hybridized carbons (Fsp3) is 0.529. The average molecular weight is 292 g/mol. The van der Waals surface area contributed by atoms with Gasteiger partial charge in [-0.2, -0.15) is 0 Å². The first-order chi connectivity index (χ1) is 10.1. The summed E-state index contributed by atoms with van der Waals surface area (Å²) in [5.41, 5.74) is 1.47. The molecule has 0 N–H and O–H groups in total. The Bertz CT molecular complexity index is 439. The predicted octanol–water partition coefficient (Wildman–Crippen LogP) is 3.91. The molecule has 0 aliphatic heterocycles. The van der Waals surface area contributed by atoms with Gasteiger partial charge in [-0.15, -0.1) is 0 Å². The summed E-state index contributed by atoms with van der Waals surface area (Å²) in [7, 11) is 0. The lowest BCUT2D eigenvalue weighted by molar-refractivity contribution is 0.0496. The normalized spacial score (nSPS) is 10.2. The molecule has 116 valence electrons. The van der Waals surface area contributed by atoms with Crippen molar-refractivity contribution in [1.29, 1.82) is 0 Å². The Morgan fingerprint density at radius 2 is 1.33 bits per heavy atom. The van der Waals surface area contributed by atoms with Gasteiger partial charge in [0, 0.05) is 0 Å². The van der Waals surface area contributed by atoms with Gasteiger partial charge in [-0.05, 0) is 37.5 Å². The van der Waals surface area contributed by atoms with Crippen LogP contribution in [0.25, 0.3) is 0 Å². The molecule has 1 aromatic rings. The summed E-state index contributed by atoms with van der Waals surface area (Å²) in [6, 6.07) is 5.03. The summed E-state index contributed by atoms with van der Waals surface area (Å²) in [4.78, 5) is 24.0. The highest BCUT2D eigenvalue weighted by Crippen LogP contribution is 2.16. The molecule has 0 atom stereocenters. The van der Waals surface area contributed by atoms with Crippen LogP contribution in [0.1, 0.15) is 65.8 Å². The van der Waals surface area contributed by atoms with E-state index in [1.807, 2.05) is 13.8 Å². The summed E-state index contributed by atoms with van der Waals surface area (Å²) < 4.78 is 10.4. The fourth-order valence-corrected chi connectivity index (χ4v) is 1.85. The molecule has 0 spiro atoms. The summed E-state index contributed by atoms with van der Waals surface area (Å²) >= 11 is 0. The first-order valence-corrected chi connectivity index (χ1v) is 7.55. The molecule has 4 heteroatoms. The van der Waals surface area contributed by atoms with Gasteiger partial charge < -0.3 is 9.47 Å². The molecule has 21 heavy (non-hydrogen) atoms. The Morgan fingerprint density at radius 1 is 0.905 bits per heavy atom. The van der Waals surface area contributed by atoms with Gasteiger partial charge in [0.05, 0.1) is 24.3 Å². The van der Waals surface area contributed by atoms with Crippen molar-refractivity contribution in [2.24, 2.45) is 0 Å². The molecule has 1 aromatic carbocycles. The maximum absolute atomic E-state index is 12.0. The van der Waals surface area contributed by atoms with E-state index in [2.05, 4.69) is 0 Å². The molecule has 4 nitrogen and oxygen atoms in total. The second-order valence-corrected chi connectivity index (χ2v) is 4.96. The van der Waals surface area contributed by atoms with Crippen molar-refractivity contribution in [3.8, 4) is 0 Å². The minimum Gasteiger partial charge on any atom is -0.462 e. The SMILES string of the molecule is CCCCOC(=O)c1cccc(C(=O)OCCCC)c1C. The Hall–Kier alpha value is -1.84. The molecule has 0 amide bonds. The third-order valence-corrected chi connectivity index (χ3v) is 3.24. The molecule has 0 aliphatic rings. The third kappa shape index (κ3) is 5.21. The number of esters is 2. The van der Waals surface area contributed by atoms with Gasteiger partial charge in [-0.3, -0.25) is 0 Å². The molecular formula is C17H24O4. The van der Waals surface area contributed by atoms with Crippen molar-refractivity contribution < 1.29 is 19.1 Å². The summed E-state index contributed by atoms with van der Waals surface area (Å²) in [6.45, 7) is 6.62. The first kappa shape index (κ1) is 17.2. The van der Waals surface area contributed by atoms with Gasteiger partial charge in [0.25, 0.3) is 0 Å². The monoisotopic (exact) mass is 292 g/mol. The Kier molecular flexibility index (Phi) is 7.51. The van der Waals surface area contributed by atoms with Gasteiger partial charge >= 0.3 is 11.9 Å². The van der Waals surface area contributed by atoms with Gasteiger partial charge in [0.15, 0.2) is 0 Å². The van der Waals surface area contributed by atoms with Crippen molar-refractivity contribution in [2.45, 2.75) is 46.5 Å². The van der Waals surface area contributed by atoms with E-state index in [9.17, 15) is 9.59 Å². The predicted molar refractivity (Wildman–Crippen MR) is 81.6 cm³/mol. The highest BCUT2D eigenvalue weighted by molar-refractivity contribution is 5.97. The number of unbranched alkanes of at least 4 members (excludes halogenated alkanes) is 2. The molecule has 0 bridgehead atoms. The van der Waals surface area contributed by atoms with Crippen molar-refractivity contribution in [1.82, 2.24) is 0 Å². The van der Waals surface area contributed by atoms with E-state index < -0.39 is 0 Å². The van der Waals surface area contributed by atoms with Crippen LogP contribution in [0.5, 0.6) is 0 Å². The Labute approximate surface area is 126 Å². The van der Waals surface area contributed by atoms with Crippen LogP contribution in [-0.2, 0) is 9.47 Å². The molecule has 0 heterocycles. The molecule has 0 saturated carbocycles. The van der Waals surface area contributed by atoms with E-state index in [1.165, 1.54) is 0 Å². The number of benzene rings is 1. The molecule has 0 aliphatic carbocycles. The van der Waals surface area contributed by atoms with E-state index in [0.717, 1.165) is 25.7 Å². The number of ether oxygens (including phenoxy) is 2. The van der Waals surface area contributed by atoms with E-state index >= 15 is 0 Å². The lowest BCUT2D eigenvalue weighted by atomic mass is 10.0. The zero-order valence-corrected chi connectivity index (χ0v) is 13.1. The zero-order valence-electron chi connectivity index (χ0n) is 13.1. The van der Waals surface area contributed by atoms with Crippen molar-refractivity contribution in [2.75, 3.05) is 13.2 Å². The highest BCUT2D eigenvalue weighted by Gasteiger charge is 2.17. The van der Waals surface area contributed by atoms with Gasteiger partial charge in [0.2, 0.25) is 0 Å². The maximum Gasteiger partial charge on any atom is 0.338 e. The topological polar surface area (TPSA) is 52.6 Å². The van der Waals surface area contributed by atoms with Crippen molar-refractivity contribution in [3.05, 3.63) is 34.9 Å². The van der Waals surface area contributed by atoms with Crippen molar-refractivity contribution in [3.63, 3.8) is 0 Å². The van der Waals surface area contributed by atoms with Crippen molar-refractivity contribution >= 4 is 11.9 Å². The zero-order chi connectivity index (χ0) is 15.7. The van der Waals surface area contributed by atoms with Gasteiger partial charge in [0.1, 0.15) is 0 Å². The molecule has 0 radical (unpaired) electrons. The third-order valence-electron chi connectivity index (χ3n) is 3.24. The Balaban J connectivity index is 2.77. The standard InChI is InChI=1S/C17H24O4/c1-4-6-11-20-16(18)14-9-8-10-15(13(14)3)17(19)21-12-7-5-2/h8-10H,4-7,11-12H2,1-3H3. The van der Waals surface area contributed by atoms with Crippen LogP contribution in [0, 0.1) is 6.92 Å². The minimum atomic E-state index is -0.385. The van der Waals surface area contributed by atoms with E-state index in [-0.39, 0.29) is 11.9 Å². The van der Waals surface area contributed by atoms with Crippen LogP contribution in [0.4, 0.5) is 0 Å². The van der Waals surface area contributed by atoms with Crippen LogP contribution >= 0.6 is 0 Å². The summed E-state index contributed by atoms with van der Waals surface area (Å²) in [5.74, 6) is -0.770. The molecule has 0 fully saturated rings. The lowest BCUT2D eigenvalue weighted by Crippen LogP contribution is -2.13. The first-order valence-electron chi connectivity index (χ1n) is 7.55. The van der Waals surface area contributed by atoms with Gasteiger partial charge in [-0.25, -0.2) is 9.59 Å². The van der Waals surface area contributed by atoms with Crippen LogP contribution in [-0.4, -0.2) is 25.2 Å². The van der Waals surface area contributed by atoms with E-state index in [0.29, 0.717) is 29.9 Å². The number of hydrogen-bond acceptors (Lipinski definition) is 4. The molecule has 0 unspecified atom stereocenters. The van der Waals surface area contributed by atoms with Crippen LogP contribution in [0.15, 0.2) is 18.2 Å². The van der Waals surface area contributed by atoms with Crippen LogP contribution in [0.2, 0.25) is 0 Å². The highest BCUT2D eigenvalue weighted by atomic mass is 16.5. The molecular weight excluding hydrogens is 268 g/mol. The number of carbonyl (C=O) groups is 2. The molecule has 0 saturated heterocycles.